The molecule has 2 N–H and O–H groups in total. The van der Waals surface area contributed by atoms with Gasteiger partial charge in [0.2, 0.25) is 5.89 Å². The largest absolute Gasteiger partial charge is 0.508 e. The van der Waals surface area contributed by atoms with Crippen LogP contribution in [0.5, 0.6) is 5.75 Å². The number of anilines is 1. The number of aromatic hydroxyl groups is 1. The summed E-state index contributed by atoms with van der Waals surface area (Å²) < 4.78 is 13.5. The van der Waals surface area contributed by atoms with E-state index in [1.807, 2.05) is 50.1 Å². The van der Waals surface area contributed by atoms with Gasteiger partial charge in [-0.2, -0.15) is 5.10 Å². The highest BCUT2D eigenvalue weighted by Crippen LogP contribution is 2.35. The summed E-state index contributed by atoms with van der Waals surface area (Å²) in [4.78, 5) is 23.6. The Balaban J connectivity index is 1.39. The molecule has 0 aliphatic carbocycles. The fourth-order valence-electron chi connectivity index (χ4n) is 4.60. The van der Waals surface area contributed by atoms with Gasteiger partial charge in [-0.3, -0.25) is 4.68 Å². The molecule has 1 saturated heterocycles. The van der Waals surface area contributed by atoms with E-state index in [-0.39, 0.29) is 23.4 Å². The Morgan fingerprint density at radius 1 is 1.08 bits per heavy atom. The lowest BCUT2D eigenvalue weighted by Crippen LogP contribution is -2.42. The molecule has 10 heteroatoms. The summed E-state index contributed by atoms with van der Waals surface area (Å²) in [6.45, 7) is 13.1. The minimum Gasteiger partial charge on any atom is -0.508 e. The number of rotatable bonds is 4. The van der Waals surface area contributed by atoms with Crippen LogP contribution in [-0.4, -0.2) is 60.1 Å². The molecule has 1 aromatic carbocycles. The molecule has 1 aliphatic heterocycles. The second-order valence-corrected chi connectivity index (χ2v) is 12.1. The Kier molecular flexibility index (Phi) is 6.74. The molecule has 0 saturated carbocycles. The molecule has 3 aromatic heterocycles. The quantitative estimate of drug-likeness (QED) is 0.317. The molecule has 10 nitrogen and oxygen atoms in total. The molecular formula is C29H36N6O4. The van der Waals surface area contributed by atoms with Crippen molar-refractivity contribution in [2.24, 2.45) is 0 Å². The van der Waals surface area contributed by atoms with Crippen molar-refractivity contribution >= 4 is 23.0 Å². The van der Waals surface area contributed by atoms with Crippen molar-refractivity contribution in [2.45, 2.75) is 71.6 Å². The lowest BCUT2D eigenvalue weighted by molar-refractivity contribution is 0.0184. The van der Waals surface area contributed by atoms with Gasteiger partial charge in [0.25, 0.3) is 0 Å². The van der Waals surface area contributed by atoms with Gasteiger partial charge in [0, 0.05) is 48.2 Å². The molecule has 1 fully saturated rings. The van der Waals surface area contributed by atoms with E-state index in [0.717, 1.165) is 29.5 Å². The standard InChI is InChI=1S/C29H36N6O4/c1-28(2,3)33-25-22(26-32-23-8-7-21(36)14-24(23)38-26)13-18(15-30-25)19-16-31-35(17-19)20-9-11-34(12-10-20)27(37)39-29(4,5)6/h7-8,13-17,20,36H,9-12H2,1-6H3,(H,30,33). The highest BCUT2D eigenvalue weighted by atomic mass is 16.6. The maximum Gasteiger partial charge on any atom is 0.410 e. The molecule has 4 aromatic rings. The van der Waals surface area contributed by atoms with Crippen LogP contribution in [0.1, 0.15) is 60.4 Å². The molecule has 206 valence electrons. The summed E-state index contributed by atoms with van der Waals surface area (Å²) in [5.41, 5.74) is 2.95. The van der Waals surface area contributed by atoms with Crippen molar-refractivity contribution in [1.29, 1.82) is 0 Å². The van der Waals surface area contributed by atoms with Crippen LogP contribution in [-0.2, 0) is 4.74 Å². The molecule has 0 spiro atoms. The Morgan fingerprint density at radius 2 is 1.82 bits per heavy atom. The zero-order valence-corrected chi connectivity index (χ0v) is 23.4. The van der Waals surface area contributed by atoms with Gasteiger partial charge in [-0.1, -0.05) is 0 Å². The highest BCUT2D eigenvalue weighted by Gasteiger charge is 2.28. The molecule has 0 unspecified atom stereocenters. The summed E-state index contributed by atoms with van der Waals surface area (Å²) in [7, 11) is 0. The van der Waals surface area contributed by atoms with E-state index in [4.69, 9.17) is 14.1 Å². The number of oxazole rings is 1. The van der Waals surface area contributed by atoms with Crippen molar-refractivity contribution in [3.8, 4) is 28.3 Å². The third kappa shape index (κ3) is 6.16. The zero-order chi connectivity index (χ0) is 27.9. The topological polar surface area (TPSA) is 119 Å². The fourth-order valence-corrected chi connectivity index (χ4v) is 4.60. The van der Waals surface area contributed by atoms with Crippen molar-refractivity contribution in [1.82, 2.24) is 24.6 Å². The van der Waals surface area contributed by atoms with Crippen LogP contribution in [0.4, 0.5) is 10.6 Å². The van der Waals surface area contributed by atoms with E-state index in [0.29, 0.717) is 35.9 Å². The number of hydrogen-bond acceptors (Lipinski definition) is 8. The molecule has 0 radical (unpaired) electrons. The van der Waals surface area contributed by atoms with Gasteiger partial charge in [-0.25, -0.2) is 14.8 Å². The fraction of sp³-hybridized carbons (Fsp3) is 0.448. The third-order valence-corrected chi connectivity index (χ3v) is 6.41. The predicted octanol–water partition coefficient (Wildman–Crippen LogP) is 6.24. The minimum atomic E-state index is -0.505. The number of amides is 1. The van der Waals surface area contributed by atoms with E-state index < -0.39 is 5.60 Å². The molecule has 5 rings (SSSR count). The number of phenols is 1. The number of piperidine rings is 1. The van der Waals surface area contributed by atoms with Gasteiger partial charge in [-0.05, 0) is 72.6 Å². The summed E-state index contributed by atoms with van der Waals surface area (Å²) in [5, 5.41) is 17.9. The van der Waals surface area contributed by atoms with Crippen molar-refractivity contribution in [3.05, 3.63) is 42.9 Å². The van der Waals surface area contributed by atoms with Gasteiger partial charge < -0.3 is 24.5 Å². The molecule has 0 atom stereocenters. The second-order valence-electron chi connectivity index (χ2n) is 12.1. The zero-order valence-electron chi connectivity index (χ0n) is 23.4. The first kappa shape index (κ1) is 26.5. The first-order chi connectivity index (χ1) is 18.3. The van der Waals surface area contributed by atoms with Gasteiger partial charge in [-0.15, -0.1) is 0 Å². The summed E-state index contributed by atoms with van der Waals surface area (Å²) in [5.74, 6) is 1.19. The predicted molar refractivity (Wildman–Crippen MR) is 150 cm³/mol. The number of pyridine rings is 1. The number of carbonyl (C=O) groups excluding carboxylic acids is 1. The number of phenolic OH excluding ortho intramolecular Hbond substituents is 1. The van der Waals surface area contributed by atoms with E-state index in [2.05, 4.69) is 36.2 Å². The average molecular weight is 533 g/mol. The molecule has 39 heavy (non-hydrogen) atoms. The van der Waals surface area contributed by atoms with E-state index >= 15 is 0 Å². The van der Waals surface area contributed by atoms with Crippen LogP contribution < -0.4 is 5.32 Å². The summed E-state index contributed by atoms with van der Waals surface area (Å²) in [6.07, 6.45) is 7.01. The summed E-state index contributed by atoms with van der Waals surface area (Å²) in [6, 6.07) is 7.06. The lowest BCUT2D eigenvalue weighted by Gasteiger charge is -2.33. The SMILES string of the molecule is CC(C)(C)Nc1ncc(-c2cnn(C3CCN(C(=O)OC(C)(C)C)CC3)c2)cc1-c1nc2ccc(O)cc2o1. The number of ether oxygens (including phenoxy) is 1. The summed E-state index contributed by atoms with van der Waals surface area (Å²) >= 11 is 0. The molecule has 0 bridgehead atoms. The number of carbonyl (C=O) groups is 1. The van der Waals surface area contributed by atoms with Gasteiger partial charge in [0.1, 0.15) is 22.7 Å². The third-order valence-electron chi connectivity index (χ3n) is 6.41. The normalized spacial score (nSPS) is 15.1. The maximum absolute atomic E-state index is 12.4. The first-order valence-corrected chi connectivity index (χ1v) is 13.3. The molecule has 1 aliphatic rings. The smallest absolute Gasteiger partial charge is 0.410 e. The number of hydrogen-bond donors (Lipinski definition) is 2. The number of fused-ring (bicyclic) bond motifs is 1. The lowest BCUT2D eigenvalue weighted by atomic mass is 10.0. The van der Waals surface area contributed by atoms with E-state index in [9.17, 15) is 9.90 Å². The Hall–Kier alpha value is -4.08. The van der Waals surface area contributed by atoms with Crippen LogP contribution in [0.25, 0.3) is 33.7 Å². The van der Waals surface area contributed by atoms with Crippen molar-refractivity contribution < 1.29 is 19.1 Å². The number of nitrogens with one attached hydrogen (secondary N) is 1. The Bertz CT molecular complexity index is 1490. The first-order valence-electron chi connectivity index (χ1n) is 13.3. The van der Waals surface area contributed by atoms with Crippen LogP contribution in [0.15, 0.2) is 47.3 Å². The molecule has 1 amide bonds. The van der Waals surface area contributed by atoms with Crippen molar-refractivity contribution in [3.63, 3.8) is 0 Å². The maximum atomic E-state index is 12.4. The van der Waals surface area contributed by atoms with Crippen molar-refractivity contribution in [2.75, 3.05) is 18.4 Å². The number of benzene rings is 1. The number of likely N-dealkylation sites (tertiary alicyclic amines) is 1. The van der Waals surface area contributed by atoms with Crippen LogP contribution in [0, 0.1) is 0 Å². The number of nitrogens with zero attached hydrogens (tertiary/aromatic N) is 5. The van der Waals surface area contributed by atoms with E-state index in [1.165, 1.54) is 0 Å². The van der Waals surface area contributed by atoms with E-state index in [1.54, 1.807) is 23.1 Å². The van der Waals surface area contributed by atoms with Gasteiger partial charge in [0.15, 0.2) is 5.58 Å². The van der Waals surface area contributed by atoms with Crippen LogP contribution in [0.3, 0.4) is 0 Å². The average Bonchev–Trinajstić information content (AvgIpc) is 3.50. The van der Waals surface area contributed by atoms with Crippen LogP contribution >= 0.6 is 0 Å². The second kappa shape index (κ2) is 9.91. The highest BCUT2D eigenvalue weighted by molar-refractivity contribution is 5.82. The Morgan fingerprint density at radius 3 is 2.51 bits per heavy atom. The molecular weight excluding hydrogens is 496 g/mol. The van der Waals surface area contributed by atoms with Gasteiger partial charge >= 0.3 is 6.09 Å². The monoisotopic (exact) mass is 532 g/mol. The Labute approximate surface area is 228 Å². The number of aromatic nitrogens is 4. The van der Waals surface area contributed by atoms with Gasteiger partial charge in [0.05, 0.1) is 17.8 Å². The minimum absolute atomic E-state index is 0.120. The van der Waals surface area contributed by atoms with Crippen LogP contribution in [0.2, 0.25) is 0 Å². The molecule has 4 heterocycles.